The maximum absolute atomic E-state index is 12.0. The minimum Gasteiger partial charge on any atom is -1.00 e. The van der Waals surface area contributed by atoms with E-state index in [0.29, 0.717) is 17.1 Å². The average molecular weight is 349 g/mol. The number of thioether (sulfide) groups is 1. The predicted molar refractivity (Wildman–Crippen MR) is 88.3 cm³/mol. The highest BCUT2D eigenvalue weighted by molar-refractivity contribution is 7.99. The van der Waals surface area contributed by atoms with E-state index < -0.39 is 0 Å². The Morgan fingerprint density at radius 3 is 2.50 bits per heavy atom. The third kappa shape index (κ3) is 8.06. The van der Waals surface area contributed by atoms with E-state index in [4.69, 9.17) is 0 Å². The first-order chi connectivity index (χ1) is 10.0. The van der Waals surface area contributed by atoms with E-state index in [1.54, 1.807) is 0 Å². The van der Waals surface area contributed by atoms with Gasteiger partial charge in [0.05, 0.1) is 5.56 Å². The van der Waals surface area contributed by atoms with Crippen molar-refractivity contribution >= 4 is 11.8 Å². The molecule has 0 amide bonds. The first-order valence-electron chi connectivity index (χ1n) is 7.64. The van der Waals surface area contributed by atoms with Gasteiger partial charge in [-0.05, 0) is 26.9 Å². The van der Waals surface area contributed by atoms with Crippen LogP contribution in [0.2, 0.25) is 0 Å². The van der Waals surface area contributed by atoms with Crippen LogP contribution in [0.25, 0.3) is 0 Å². The third-order valence-electron chi connectivity index (χ3n) is 3.28. The molecule has 1 aromatic heterocycles. The summed E-state index contributed by atoms with van der Waals surface area (Å²) in [6.07, 6.45) is 6.22. The molecule has 0 spiro atoms. The zero-order valence-electron chi connectivity index (χ0n) is 13.7. The maximum atomic E-state index is 12.0. The lowest BCUT2D eigenvalue weighted by Gasteiger charge is -2.09. The SMILES string of the molecule is CCCCCCCc1c(O)nc(SCCN(C)C)[nH]c1=O.[Cl-]. The van der Waals surface area contributed by atoms with Crippen LogP contribution in [-0.4, -0.2) is 46.4 Å². The minimum atomic E-state index is -0.203. The predicted octanol–water partition coefficient (Wildman–Crippen LogP) is -0.354. The molecule has 0 aliphatic carbocycles. The molecule has 0 bridgehead atoms. The van der Waals surface area contributed by atoms with E-state index in [2.05, 4.69) is 21.8 Å². The number of unbranched alkanes of at least 4 members (excludes halogenated alkanes) is 4. The molecule has 1 heterocycles. The summed E-state index contributed by atoms with van der Waals surface area (Å²) in [7, 11) is 3.99. The van der Waals surface area contributed by atoms with E-state index in [1.165, 1.54) is 31.0 Å². The number of aromatic amines is 1. The van der Waals surface area contributed by atoms with Gasteiger partial charge in [-0.25, -0.2) is 0 Å². The van der Waals surface area contributed by atoms with Crippen molar-refractivity contribution in [2.75, 3.05) is 26.4 Å². The summed E-state index contributed by atoms with van der Waals surface area (Å²) >= 11 is 1.45. The smallest absolute Gasteiger partial charge is 0.258 e. The number of rotatable bonds is 10. The molecule has 5 nitrogen and oxygen atoms in total. The summed E-state index contributed by atoms with van der Waals surface area (Å²) in [5, 5.41) is 10.4. The van der Waals surface area contributed by atoms with Crippen molar-refractivity contribution in [3.05, 3.63) is 15.9 Å². The Kier molecular flexibility index (Phi) is 11.4. The molecular weight excluding hydrogens is 322 g/mol. The van der Waals surface area contributed by atoms with Crippen LogP contribution < -0.4 is 18.0 Å². The lowest BCUT2D eigenvalue weighted by atomic mass is 10.1. The Morgan fingerprint density at radius 1 is 1.23 bits per heavy atom. The largest absolute Gasteiger partial charge is 1.00 e. The van der Waals surface area contributed by atoms with Crippen LogP contribution in [0, 0.1) is 0 Å². The first kappa shape index (κ1) is 21.3. The van der Waals surface area contributed by atoms with Crippen LogP contribution in [0.5, 0.6) is 5.88 Å². The Hall–Kier alpha value is -0.720. The van der Waals surface area contributed by atoms with Crippen LogP contribution in [0.4, 0.5) is 0 Å². The van der Waals surface area contributed by atoms with Gasteiger partial charge in [0.1, 0.15) is 0 Å². The van der Waals surface area contributed by atoms with Crippen LogP contribution in [0.15, 0.2) is 9.95 Å². The summed E-state index contributed by atoms with van der Waals surface area (Å²) in [5.74, 6) is 0.716. The van der Waals surface area contributed by atoms with E-state index in [-0.39, 0.29) is 23.8 Å². The van der Waals surface area contributed by atoms with E-state index in [9.17, 15) is 9.90 Å². The van der Waals surface area contributed by atoms with Crippen molar-refractivity contribution in [1.82, 2.24) is 14.9 Å². The standard InChI is InChI=1S/C15H27N3O2S.ClH/c1-4-5-6-7-8-9-12-13(19)16-15(17-14(12)20)21-11-10-18(2)3;/h4-11H2,1-3H3,(H2,16,17,19,20);1H/p-1. The number of nitrogens with one attached hydrogen (secondary N) is 1. The molecule has 1 rings (SSSR count). The highest BCUT2D eigenvalue weighted by atomic mass is 35.5. The average Bonchev–Trinajstić information content (AvgIpc) is 2.40. The number of halogens is 1. The van der Waals surface area contributed by atoms with Gasteiger partial charge in [-0.3, -0.25) is 4.79 Å². The Bertz CT molecular complexity index is 480. The summed E-state index contributed by atoms with van der Waals surface area (Å²) in [4.78, 5) is 20.9. The van der Waals surface area contributed by atoms with Gasteiger partial charge in [0.2, 0.25) is 5.88 Å². The molecular formula is C15H27ClN3O2S-. The number of aromatic hydroxyl groups is 1. The summed E-state index contributed by atoms with van der Waals surface area (Å²) in [6, 6.07) is 0. The normalized spacial score (nSPS) is 10.7. The topological polar surface area (TPSA) is 69.2 Å². The highest BCUT2D eigenvalue weighted by Crippen LogP contribution is 2.18. The molecule has 0 atom stereocenters. The highest BCUT2D eigenvalue weighted by Gasteiger charge is 2.10. The first-order valence-corrected chi connectivity index (χ1v) is 8.62. The van der Waals surface area contributed by atoms with Gasteiger partial charge in [-0.1, -0.05) is 44.4 Å². The number of H-pyrrole nitrogens is 1. The van der Waals surface area contributed by atoms with E-state index in [0.717, 1.165) is 25.1 Å². The maximum Gasteiger partial charge on any atom is 0.258 e. The quantitative estimate of drug-likeness (QED) is 0.343. The van der Waals surface area contributed by atoms with Gasteiger partial charge in [-0.15, -0.1) is 0 Å². The second kappa shape index (κ2) is 11.8. The van der Waals surface area contributed by atoms with Crippen molar-refractivity contribution in [2.45, 2.75) is 50.6 Å². The number of aromatic nitrogens is 2. The van der Waals surface area contributed by atoms with Gasteiger partial charge in [0, 0.05) is 12.3 Å². The summed E-state index contributed by atoms with van der Waals surface area (Å²) < 4.78 is 0. The van der Waals surface area contributed by atoms with E-state index in [1.807, 2.05) is 14.1 Å². The summed E-state index contributed by atoms with van der Waals surface area (Å²) in [5.41, 5.74) is 0.216. The number of nitrogens with zero attached hydrogens (tertiary/aromatic N) is 2. The van der Waals surface area contributed by atoms with Crippen molar-refractivity contribution < 1.29 is 17.5 Å². The third-order valence-corrected chi connectivity index (χ3v) is 4.13. The van der Waals surface area contributed by atoms with Gasteiger partial charge < -0.3 is 27.4 Å². The lowest BCUT2D eigenvalue weighted by Crippen LogP contribution is -3.00. The molecule has 128 valence electrons. The Morgan fingerprint density at radius 2 is 1.91 bits per heavy atom. The molecule has 0 saturated carbocycles. The fourth-order valence-electron chi connectivity index (χ4n) is 1.99. The Balaban J connectivity index is 0.00000441. The number of hydrogen-bond acceptors (Lipinski definition) is 5. The molecule has 7 heteroatoms. The second-order valence-corrected chi connectivity index (χ2v) is 6.57. The molecule has 0 aromatic carbocycles. The minimum absolute atomic E-state index is 0. The summed E-state index contributed by atoms with van der Waals surface area (Å²) in [6.45, 7) is 3.07. The molecule has 0 aliphatic heterocycles. The van der Waals surface area contributed by atoms with Gasteiger partial charge in [0.25, 0.3) is 5.56 Å². The lowest BCUT2D eigenvalue weighted by molar-refractivity contribution is -0.00000588. The van der Waals surface area contributed by atoms with Gasteiger partial charge in [0.15, 0.2) is 5.16 Å². The molecule has 0 fully saturated rings. The zero-order valence-corrected chi connectivity index (χ0v) is 15.3. The van der Waals surface area contributed by atoms with E-state index >= 15 is 0 Å². The molecule has 0 saturated heterocycles. The zero-order chi connectivity index (χ0) is 15.7. The molecule has 0 radical (unpaired) electrons. The van der Waals surface area contributed by atoms with Crippen LogP contribution >= 0.6 is 11.8 Å². The number of hydrogen-bond donors (Lipinski definition) is 2. The molecule has 1 aromatic rings. The molecule has 0 unspecified atom stereocenters. The van der Waals surface area contributed by atoms with Crippen molar-refractivity contribution in [1.29, 1.82) is 0 Å². The van der Waals surface area contributed by atoms with Crippen LogP contribution in [0.3, 0.4) is 0 Å². The fourth-order valence-corrected chi connectivity index (χ4v) is 2.96. The molecule has 0 aliphatic rings. The fraction of sp³-hybridized carbons (Fsp3) is 0.733. The second-order valence-electron chi connectivity index (χ2n) is 5.49. The van der Waals surface area contributed by atoms with Crippen molar-refractivity contribution in [2.24, 2.45) is 0 Å². The van der Waals surface area contributed by atoms with Crippen molar-refractivity contribution in [3.8, 4) is 5.88 Å². The monoisotopic (exact) mass is 348 g/mol. The van der Waals surface area contributed by atoms with Crippen LogP contribution in [0.1, 0.15) is 44.6 Å². The Labute approximate surface area is 143 Å². The van der Waals surface area contributed by atoms with Crippen LogP contribution in [-0.2, 0) is 6.42 Å². The van der Waals surface area contributed by atoms with Gasteiger partial charge in [-0.2, -0.15) is 4.98 Å². The molecule has 2 N–H and O–H groups in total. The molecule has 22 heavy (non-hydrogen) atoms. The van der Waals surface area contributed by atoms with Gasteiger partial charge >= 0.3 is 0 Å². The van der Waals surface area contributed by atoms with Crippen molar-refractivity contribution in [3.63, 3.8) is 0 Å².